The minimum absolute atomic E-state index is 0.779. The number of imidazole rings is 1. The molecule has 1 aromatic carbocycles. The van der Waals surface area contributed by atoms with Crippen molar-refractivity contribution in [2.75, 3.05) is 5.32 Å². The number of pyridine rings is 1. The number of benzene rings is 1. The van der Waals surface area contributed by atoms with E-state index >= 15 is 0 Å². The number of thioether (sulfide) groups is 1. The molecule has 0 aliphatic carbocycles. The molecule has 4 rings (SSSR count). The van der Waals surface area contributed by atoms with Crippen molar-refractivity contribution in [1.82, 2.24) is 19.6 Å². The fraction of sp³-hybridized carbons (Fsp3) is 0.118. The van der Waals surface area contributed by atoms with Gasteiger partial charge in [-0.05, 0) is 36.8 Å². The highest BCUT2D eigenvalue weighted by molar-refractivity contribution is 8.00. The summed E-state index contributed by atoms with van der Waals surface area (Å²) in [5, 5.41) is 12.5. The Morgan fingerprint density at radius 3 is 3.00 bits per heavy atom. The van der Waals surface area contributed by atoms with Gasteiger partial charge in [-0.15, -0.1) is 10.2 Å². The Hall–Kier alpha value is -2.38. The number of aromatic nitrogens is 4. The molecule has 0 unspecified atom stereocenters. The average Bonchev–Trinajstić information content (AvgIpc) is 3.19. The van der Waals surface area contributed by atoms with Gasteiger partial charge in [0.2, 0.25) is 5.13 Å². The number of nitrogens with one attached hydrogen (secondary N) is 1. The Morgan fingerprint density at radius 2 is 2.12 bits per heavy atom. The lowest BCUT2D eigenvalue weighted by atomic mass is 10.2. The van der Waals surface area contributed by atoms with Crippen LogP contribution in [0.25, 0.3) is 5.65 Å². The first-order valence-electron chi connectivity index (χ1n) is 7.49. The predicted octanol–water partition coefficient (Wildman–Crippen LogP) is 4.53. The molecular formula is C17H15N5S2. The highest BCUT2D eigenvalue weighted by Gasteiger charge is 2.07. The van der Waals surface area contributed by atoms with Gasteiger partial charge in [-0.1, -0.05) is 41.3 Å². The largest absolute Gasteiger partial charge is 0.330 e. The summed E-state index contributed by atoms with van der Waals surface area (Å²) in [6, 6.07) is 14.2. The minimum atomic E-state index is 0.779. The van der Waals surface area contributed by atoms with E-state index in [1.165, 1.54) is 5.56 Å². The van der Waals surface area contributed by atoms with Crippen molar-refractivity contribution >= 4 is 39.6 Å². The molecule has 120 valence electrons. The molecule has 0 saturated carbocycles. The first-order chi connectivity index (χ1) is 11.8. The minimum Gasteiger partial charge on any atom is -0.330 e. The summed E-state index contributed by atoms with van der Waals surface area (Å²) in [6.45, 7) is 2.07. The molecule has 3 heterocycles. The first-order valence-corrected chi connectivity index (χ1v) is 9.29. The van der Waals surface area contributed by atoms with Gasteiger partial charge >= 0.3 is 0 Å². The maximum Gasteiger partial charge on any atom is 0.210 e. The molecular weight excluding hydrogens is 338 g/mol. The summed E-state index contributed by atoms with van der Waals surface area (Å²) < 4.78 is 2.96. The number of anilines is 2. The quantitative estimate of drug-likeness (QED) is 0.534. The van der Waals surface area contributed by atoms with Crippen molar-refractivity contribution in [3.63, 3.8) is 0 Å². The molecule has 0 amide bonds. The normalized spacial score (nSPS) is 11.0. The molecule has 0 atom stereocenters. The number of hydrogen-bond acceptors (Lipinski definition) is 6. The fourth-order valence-corrected chi connectivity index (χ4v) is 4.01. The van der Waals surface area contributed by atoms with Gasteiger partial charge in [0.25, 0.3) is 0 Å². The molecule has 4 aromatic rings. The van der Waals surface area contributed by atoms with Crippen molar-refractivity contribution < 1.29 is 0 Å². The number of fused-ring (bicyclic) bond motifs is 1. The summed E-state index contributed by atoms with van der Waals surface area (Å²) in [5.74, 6) is 0.779. The van der Waals surface area contributed by atoms with Gasteiger partial charge in [0, 0.05) is 23.8 Å². The van der Waals surface area contributed by atoms with Crippen LogP contribution in [0.4, 0.5) is 10.8 Å². The van der Waals surface area contributed by atoms with Gasteiger partial charge in [0.15, 0.2) is 4.34 Å². The van der Waals surface area contributed by atoms with E-state index < -0.39 is 0 Å². The molecule has 0 aliphatic rings. The summed E-state index contributed by atoms with van der Waals surface area (Å²) in [5.41, 5.74) is 4.25. The summed E-state index contributed by atoms with van der Waals surface area (Å²) in [4.78, 5) is 4.59. The smallest absolute Gasteiger partial charge is 0.210 e. The van der Waals surface area contributed by atoms with E-state index in [4.69, 9.17) is 0 Å². The molecule has 0 bridgehead atoms. The highest BCUT2D eigenvalue weighted by Crippen LogP contribution is 2.29. The van der Waals surface area contributed by atoms with Gasteiger partial charge in [0.05, 0.1) is 5.69 Å². The van der Waals surface area contributed by atoms with Crippen LogP contribution < -0.4 is 5.32 Å². The average molecular weight is 353 g/mol. The molecule has 0 spiro atoms. The molecule has 7 heteroatoms. The highest BCUT2D eigenvalue weighted by atomic mass is 32.2. The SMILES string of the molecule is Cc1cccc(Nc2nnc(SCc3cn4ccccc4n3)s2)c1. The maximum absolute atomic E-state index is 4.59. The second-order valence-corrected chi connectivity index (χ2v) is 7.55. The molecule has 3 aromatic heterocycles. The third kappa shape index (κ3) is 3.42. The van der Waals surface area contributed by atoms with Gasteiger partial charge in [-0.25, -0.2) is 4.98 Å². The topological polar surface area (TPSA) is 55.1 Å². The van der Waals surface area contributed by atoms with Crippen molar-refractivity contribution in [2.45, 2.75) is 17.0 Å². The van der Waals surface area contributed by atoms with Crippen LogP contribution in [0.5, 0.6) is 0 Å². The number of rotatable bonds is 5. The van der Waals surface area contributed by atoms with Crippen LogP contribution in [0.3, 0.4) is 0 Å². The van der Waals surface area contributed by atoms with E-state index in [1.54, 1.807) is 23.1 Å². The standard InChI is InChI=1S/C17H15N5S2/c1-12-5-4-6-13(9-12)19-16-20-21-17(24-16)23-11-14-10-22-8-3-2-7-15(22)18-14/h2-10H,11H2,1H3,(H,19,20). The fourth-order valence-electron chi connectivity index (χ4n) is 2.36. The van der Waals surface area contributed by atoms with Gasteiger partial charge in [-0.3, -0.25) is 0 Å². The molecule has 0 radical (unpaired) electrons. The lowest BCUT2D eigenvalue weighted by Crippen LogP contribution is -1.89. The Kier molecular flexibility index (Phi) is 4.18. The Morgan fingerprint density at radius 1 is 1.17 bits per heavy atom. The van der Waals surface area contributed by atoms with E-state index in [0.717, 1.165) is 32.3 Å². The van der Waals surface area contributed by atoms with Crippen LogP contribution in [0, 0.1) is 6.92 Å². The maximum atomic E-state index is 4.59. The monoisotopic (exact) mass is 353 g/mol. The zero-order valence-corrected chi connectivity index (χ0v) is 14.6. The zero-order valence-electron chi connectivity index (χ0n) is 13.0. The van der Waals surface area contributed by atoms with E-state index in [9.17, 15) is 0 Å². The van der Waals surface area contributed by atoms with Gasteiger partial charge in [0.1, 0.15) is 5.65 Å². The molecule has 0 saturated heterocycles. The predicted molar refractivity (Wildman–Crippen MR) is 99.1 cm³/mol. The third-order valence-corrected chi connectivity index (χ3v) is 5.44. The Bertz CT molecular complexity index is 943. The van der Waals surface area contributed by atoms with Crippen molar-refractivity contribution in [2.24, 2.45) is 0 Å². The van der Waals surface area contributed by atoms with Crippen LogP contribution in [0.1, 0.15) is 11.3 Å². The Labute approximate surface area is 147 Å². The van der Waals surface area contributed by atoms with E-state index in [0.29, 0.717) is 0 Å². The van der Waals surface area contributed by atoms with E-state index in [1.807, 2.05) is 40.9 Å². The second-order valence-electron chi connectivity index (χ2n) is 5.35. The number of hydrogen-bond donors (Lipinski definition) is 1. The summed E-state index contributed by atoms with van der Waals surface area (Å²) in [7, 11) is 0. The second kappa shape index (κ2) is 6.62. The first kappa shape index (κ1) is 15.2. The number of nitrogens with zero attached hydrogens (tertiary/aromatic N) is 4. The van der Waals surface area contributed by atoms with Crippen LogP contribution in [0.2, 0.25) is 0 Å². The van der Waals surface area contributed by atoms with Crippen LogP contribution in [-0.4, -0.2) is 19.6 Å². The van der Waals surface area contributed by atoms with Gasteiger partial charge in [-0.2, -0.15) is 0 Å². The molecule has 5 nitrogen and oxygen atoms in total. The zero-order chi connectivity index (χ0) is 16.4. The molecule has 0 fully saturated rings. The van der Waals surface area contributed by atoms with E-state index in [-0.39, 0.29) is 0 Å². The third-order valence-electron chi connectivity index (χ3n) is 3.43. The van der Waals surface area contributed by atoms with Crippen LogP contribution >= 0.6 is 23.1 Å². The summed E-state index contributed by atoms with van der Waals surface area (Å²) in [6.07, 6.45) is 4.06. The van der Waals surface area contributed by atoms with Crippen LogP contribution in [0.15, 0.2) is 59.2 Å². The lowest BCUT2D eigenvalue weighted by molar-refractivity contribution is 1.01. The van der Waals surface area contributed by atoms with Crippen molar-refractivity contribution in [3.8, 4) is 0 Å². The van der Waals surface area contributed by atoms with Gasteiger partial charge < -0.3 is 9.72 Å². The number of aryl methyl sites for hydroxylation is 1. The summed E-state index contributed by atoms with van der Waals surface area (Å²) >= 11 is 3.21. The molecule has 0 aliphatic heterocycles. The van der Waals surface area contributed by atoms with E-state index in [2.05, 4.69) is 45.8 Å². The lowest BCUT2D eigenvalue weighted by Gasteiger charge is -2.01. The molecule has 1 N–H and O–H groups in total. The molecule has 24 heavy (non-hydrogen) atoms. The van der Waals surface area contributed by atoms with Crippen LogP contribution in [-0.2, 0) is 5.75 Å². The Balaban J connectivity index is 1.41. The van der Waals surface area contributed by atoms with Crippen molar-refractivity contribution in [1.29, 1.82) is 0 Å². The van der Waals surface area contributed by atoms with Crippen molar-refractivity contribution in [3.05, 3.63) is 66.1 Å².